The van der Waals surface area contributed by atoms with Crippen molar-refractivity contribution in [3.05, 3.63) is 58.5 Å². The van der Waals surface area contributed by atoms with Crippen molar-refractivity contribution < 1.29 is 4.42 Å². The summed E-state index contributed by atoms with van der Waals surface area (Å²) in [4.78, 5) is 0. The van der Waals surface area contributed by atoms with E-state index >= 15 is 0 Å². The van der Waals surface area contributed by atoms with Gasteiger partial charge in [0.15, 0.2) is 0 Å². The first-order valence-electron chi connectivity index (χ1n) is 5.46. The summed E-state index contributed by atoms with van der Waals surface area (Å²) in [6, 6.07) is 9.63. The van der Waals surface area contributed by atoms with Crippen LogP contribution in [0.15, 0.2) is 41.0 Å². The number of furan rings is 1. The maximum Gasteiger partial charge on any atom is 0.105 e. The van der Waals surface area contributed by atoms with E-state index in [1.54, 1.807) is 6.26 Å². The molecular weight excluding hydrogens is 236 g/mol. The molecule has 90 valence electrons. The molecule has 0 spiro atoms. The second-order valence-corrected chi connectivity index (χ2v) is 4.36. The average molecular weight is 251 g/mol. The van der Waals surface area contributed by atoms with E-state index in [9.17, 15) is 0 Å². The molecule has 0 saturated carbocycles. The summed E-state index contributed by atoms with van der Waals surface area (Å²) >= 11 is 6.10. The highest BCUT2D eigenvalue weighted by atomic mass is 35.5. The number of nitrogens with two attached hydrogens (primary N) is 1. The molecular formula is C13H15ClN2O. The first kappa shape index (κ1) is 12.2. The third-order valence-electron chi connectivity index (χ3n) is 2.87. The molecule has 0 aliphatic heterocycles. The highest BCUT2D eigenvalue weighted by molar-refractivity contribution is 6.31. The molecule has 0 fully saturated rings. The summed E-state index contributed by atoms with van der Waals surface area (Å²) in [6.07, 6.45) is 2.36. The fraction of sp³-hybridized carbons (Fsp3) is 0.231. The number of hydrogen-bond acceptors (Lipinski definition) is 3. The Labute approximate surface area is 106 Å². The number of nitrogens with one attached hydrogen (secondary N) is 1. The van der Waals surface area contributed by atoms with Crippen LogP contribution in [0.3, 0.4) is 0 Å². The van der Waals surface area contributed by atoms with E-state index < -0.39 is 0 Å². The Hall–Kier alpha value is -1.29. The highest BCUT2D eigenvalue weighted by Gasteiger charge is 2.15. The summed E-state index contributed by atoms with van der Waals surface area (Å²) in [5.41, 5.74) is 4.94. The zero-order chi connectivity index (χ0) is 12.3. The maximum absolute atomic E-state index is 6.10. The molecule has 0 saturated heterocycles. The summed E-state index contributed by atoms with van der Waals surface area (Å²) in [6.45, 7) is 1.99. The summed E-state index contributed by atoms with van der Waals surface area (Å²) in [7, 11) is 0. The van der Waals surface area contributed by atoms with Gasteiger partial charge in [-0.15, -0.1) is 0 Å². The fourth-order valence-electron chi connectivity index (χ4n) is 1.89. The van der Waals surface area contributed by atoms with Crippen molar-refractivity contribution in [2.45, 2.75) is 19.4 Å². The highest BCUT2D eigenvalue weighted by Crippen LogP contribution is 2.26. The molecule has 1 unspecified atom stereocenters. The van der Waals surface area contributed by atoms with Crippen LogP contribution in [-0.2, 0) is 6.42 Å². The van der Waals surface area contributed by atoms with Gasteiger partial charge in [-0.25, -0.2) is 0 Å². The molecule has 0 aliphatic rings. The van der Waals surface area contributed by atoms with Crippen LogP contribution in [0.25, 0.3) is 0 Å². The number of halogens is 1. The minimum atomic E-state index is -0.000139. The van der Waals surface area contributed by atoms with Crippen LogP contribution in [0.1, 0.15) is 22.9 Å². The van der Waals surface area contributed by atoms with Gasteiger partial charge in [-0.1, -0.05) is 23.7 Å². The molecule has 2 aromatic rings. The van der Waals surface area contributed by atoms with Crippen molar-refractivity contribution in [1.82, 2.24) is 5.43 Å². The van der Waals surface area contributed by atoms with Crippen molar-refractivity contribution in [1.29, 1.82) is 0 Å². The van der Waals surface area contributed by atoms with E-state index in [2.05, 4.69) is 5.43 Å². The standard InChI is InChI=1S/C13H15ClN2O/c1-9-11(5-2-6-12(9)14)13(16-15)8-10-4-3-7-17-10/h2-7,13,16H,8,15H2,1H3. The monoisotopic (exact) mass is 250 g/mol. The Morgan fingerprint density at radius 1 is 1.35 bits per heavy atom. The van der Waals surface area contributed by atoms with Gasteiger partial charge in [-0.2, -0.15) is 0 Å². The van der Waals surface area contributed by atoms with Gasteiger partial charge < -0.3 is 4.42 Å². The van der Waals surface area contributed by atoms with Gasteiger partial charge in [0.05, 0.1) is 12.3 Å². The van der Waals surface area contributed by atoms with Gasteiger partial charge in [-0.3, -0.25) is 11.3 Å². The number of hydrogen-bond donors (Lipinski definition) is 2. The molecule has 0 radical (unpaired) electrons. The smallest absolute Gasteiger partial charge is 0.105 e. The Morgan fingerprint density at radius 3 is 2.82 bits per heavy atom. The van der Waals surface area contributed by atoms with E-state index in [4.69, 9.17) is 21.9 Å². The van der Waals surface area contributed by atoms with Crippen LogP contribution in [0.4, 0.5) is 0 Å². The number of benzene rings is 1. The van der Waals surface area contributed by atoms with Crippen molar-refractivity contribution >= 4 is 11.6 Å². The zero-order valence-corrected chi connectivity index (χ0v) is 10.4. The Kier molecular flexibility index (Phi) is 3.84. The molecule has 1 aromatic carbocycles. The molecule has 0 amide bonds. The van der Waals surface area contributed by atoms with Gasteiger partial charge in [-0.05, 0) is 36.2 Å². The van der Waals surface area contributed by atoms with Crippen molar-refractivity contribution in [2.24, 2.45) is 5.84 Å². The lowest BCUT2D eigenvalue weighted by atomic mass is 9.98. The van der Waals surface area contributed by atoms with Crippen LogP contribution in [-0.4, -0.2) is 0 Å². The van der Waals surface area contributed by atoms with E-state index in [1.165, 1.54) is 0 Å². The fourth-order valence-corrected chi connectivity index (χ4v) is 2.07. The van der Waals surface area contributed by atoms with Crippen molar-refractivity contribution in [3.8, 4) is 0 Å². The van der Waals surface area contributed by atoms with E-state index in [0.717, 1.165) is 21.9 Å². The maximum atomic E-state index is 6.10. The zero-order valence-electron chi connectivity index (χ0n) is 9.61. The SMILES string of the molecule is Cc1c(Cl)cccc1C(Cc1ccco1)NN. The quantitative estimate of drug-likeness (QED) is 0.648. The average Bonchev–Trinajstić information content (AvgIpc) is 2.83. The lowest BCUT2D eigenvalue weighted by molar-refractivity contribution is 0.454. The first-order valence-corrected chi connectivity index (χ1v) is 5.83. The van der Waals surface area contributed by atoms with Gasteiger partial charge >= 0.3 is 0 Å². The summed E-state index contributed by atoms with van der Waals surface area (Å²) < 4.78 is 5.33. The minimum Gasteiger partial charge on any atom is -0.469 e. The lowest BCUT2D eigenvalue weighted by Gasteiger charge is -2.18. The van der Waals surface area contributed by atoms with E-state index in [-0.39, 0.29) is 6.04 Å². The van der Waals surface area contributed by atoms with Gasteiger partial charge in [0.2, 0.25) is 0 Å². The van der Waals surface area contributed by atoms with Gasteiger partial charge in [0.25, 0.3) is 0 Å². The molecule has 2 rings (SSSR count). The predicted octanol–water partition coefficient (Wildman–Crippen LogP) is 2.99. The minimum absolute atomic E-state index is 0.000139. The Bertz CT molecular complexity index is 482. The third-order valence-corrected chi connectivity index (χ3v) is 3.28. The lowest BCUT2D eigenvalue weighted by Crippen LogP contribution is -2.30. The predicted molar refractivity (Wildman–Crippen MR) is 68.7 cm³/mol. The van der Waals surface area contributed by atoms with Gasteiger partial charge in [0, 0.05) is 11.4 Å². The topological polar surface area (TPSA) is 51.2 Å². The molecule has 1 aromatic heterocycles. The molecule has 4 heteroatoms. The van der Waals surface area contributed by atoms with Crippen LogP contribution in [0.2, 0.25) is 5.02 Å². The molecule has 1 heterocycles. The van der Waals surface area contributed by atoms with Crippen LogP contribution in [0, 0.1) is 6.92 Å². The molecule has 1 atom stereocenters. The van der Waals surface area contributed by atoms with Crippen molar-refractivity contribution in [2.75, 3.05) is 0 Å². The first-order chi connectivity index (χ1) is 8.22. The summed E-state index contributed by atoms with van der Waals surface area (Å²) in [5.74, 6) is 6.50. The third kappa shape index (κ3) is 2.69. The van der Waals surface area contributed by atoms with Crippen molar-refractivity contribution in [3.63, 3.8) is 0 Å². The largest absolute Gasteiger partial charge is 0.469 e. The molecule has 17 heavy (non-hydrogen) atoms. The van der Waals surface area contributed by atoms with E-state index in [1.807, 2.05) is 37.3 Å². The Morgan fingerprint density at radius 2 is 2.18 bits per heavy atom. The van der Waals surface area contributed by atoms with Gasteiger partial charge in [0.1, 0.15) is 5.76 Å². The van der Waals surface area contributed by atoms with Crippen LogP contribution in [0.5, 0.6) is 0 Å². The van der Waals surface area contributed by atoms with Crippen LogP contribution >= 0.6 is 11.6 Å². The number of hydrazine groups is 1. The second kappa shape index (κ2) is 5.36. The molecule has 0 aliphatic carbocycles. The summed E-state index contributed by atoms with van der Waals surface area (Å²) in [5, 5.41) is 0.752. The second-order valence-electron chi connectivity index (χ2n) is 3.96. The molecule has 3 N–H and O–H groups in total. The molecule has 0 bridgehead atoms. The molecule has 3 nitrogen and oxygen atoms in total. The number of rotatable bonds is 4. The van der Waals surface area contributed by atoms with Crippen LogP contribution < -0.4 is 11.3 Å². The van der Waals surface area contributed by atoms with E-state index in [0.29, 0.717) is 6.42 Å². The normalized spacial score (nSPS) is 12.6. The Balaban J connectivity index is 2.26.